The Kier molecular flexibility index (Phi) is 4.87. The van der Waals surface area contributed by atoms with Gasteiger partial charge in [0.2, 0.25) is 16.8 Å². The van der Waals surface area contributed by atoms with E-state index in [0.717, 1.165) is 5.69 Å². The highest BCUT2D eigenvalue weighted by Gasteiger charge is 2.32. The Hall–Kier alpha value is -3.37. The van der Waals surface area contributed by atoms with E-state index in [0.29, 0.717) is 30.2 Å². The van der Waals surface area contributed by atoms with Crippen LogP contribution in [0.2, 0.25) is 0 Å². The van der Waals surface area contributed by atoms with Crippen molar-refractivity contribution in [2.45, 2.75) is 4.90 Å². The molecule has 1 amide bonds. The Morgan fingerprint density at radius 2 is 1.68 bits per heavy atom. The molecule has 0 saturated carbocycles. The minimum Gasteiger partial charge on any atom is -0.454 e. The number of aromatic nitrogens is 2. The second-order valence-electron chi connectivity index (χ2n) is 7.22. The summed E-state index contributed by atoms with van der Waals surface area (Å²) < 4.78 is 39.6. The quantitative estimate of drug-likeness (QED) is 0.614. The van der Waals surface area contributed by atoms with E-state index < -0.39 is 10.0 Å². The van der Waals surface area contributed by atoms with E-state index in [2.05, 4.69) is 5.10 Å². The average Bonchev–Trinajstić information content (AvgIpc) is 3.49. The van der Waals surface area contributed by atoms with Gasteiger partial charge in [-0.25, -0.2) is 13.1 Å². The second kappa shape index (κ2) is 7.71. The van der Waals surface area contributed by atoms with Crippen LogP contribution in [-0.2, 0) is 10.0 Å². The highest BCUT2D eigenvalue weighted by Crippen LogP contribution is 2.33. The molecule has 2 aromatic carbocycles. The van der Waals surface area contributed by atoms with E-state index in [-0.39, 0.29) is 30.7 Å². The van der Waals surface area contributed by atoms with Gasteiger partial charge in [-0.2, -0.15) is 9.40 Å². The maximum absolute atomic E-state index is 13.0. The predicted molar refractivity (Wildman–Crippen MR) is 111 cm³/mol. The van der Waals surface area contributed by atoms with Crippen molar-refractivity contribution in [2.75, 3.05) is 33.0 Å². The zero-order valence-electron chi connectivity index (χ0n) is 16.5. The summed E-state index contributed by atoms with van der Waals surface area (Å²) in [7, 11) is -3.70. The molecule has 1 aromatic heterocycles. The van der Waals surface area contributed by atoms with Gasteiger partial charge in [-0.1, -0.05) is 18.2 Å². The van der Waals surface area contributed by atoms with Crippen LogP contribution in [0.25, 0.3) is 5.69 Å². The van der Waals surface area contributed by atoms with Crippen LogP contribution in [0.3, 0.4) is 0 Å². The fourth-order valence-corrected chi connectivity index (χ4v) is 5.01. The normalized spacial score (nSPS) is 16.5. The molecule has 31 heavy (non-hydrogen) atoms. The first-order valence-corrected chi connectivity index (χ1v) is 11.3. The average molecular weight is 440 g/mol. The third-order valence-corrected chi connectivity index (χ3v) is 7.21. The number of ether oxygens (including phenoxy) is 2. The molecule has 3 heterocycles. The van der Waals surface area contributed by atoms with Crippen LogP contribution >= 0.6 is 0 Å². The summed E-state index contributed by atoms with van der Waals surface area (Å²) in [6.45, 7) is 1.19. The molecular weight excluding hydrogens is 420 g/mol. The molecule has 2 aliphatic heterocycles. The molecule has 0 radical (unpaired) electrons. The molecule has 1 fully saturated rings. The first kappa shape index (κ1) is 19.6. The lowest BCUT2D eigenvalue weighted by Crippen LogP contribution is -2.50. The maximum atomic E-state index is 13.0. The summed E-state index contributed by atoms with van der Waals surface area (Å²) in [5.41, 5.74) is 1.27. The minimum absolute atomic E-state index is 0.131. The number of nitrogens with zero attached hydrogens (tertiary/aromatic N) is 4. The number of benzene rings is 2. The molecule has 1 saturated heterocycles. The number of carbonyl (C=O) groups is 1. The number of amides is 1. The third-order valence-electron chi connectivity index (χ3n) is 5.36. The molecule has 0 N–H and O–H groups in total. The molecule has 10 heteroatoms. The molecule has 0 spiro atoms. The van der Waals surface area contributed by atoms with E-state index in [1.54, 1.807) is 23.1 Å². The largest absolute Gasteiger partial charge is 0.454 e. The smallest absolute Gasteiger partial charge is 0.254 e. The third kappa shape index (κ3) is 3.64. The van der Waals surface area contributed by atoms with Gasteiger partial charge in [0.15, 0.2) is 11.5 Å². The predicted octanol–water partition coefficient (Wildman–Crippen LogP) is 1.75. The van der Waals surface area contributed by atoms with Crippen molar-refractivity contribution >= 4 is 15.9 Å². The molecule has 0 atom stereocenters. The van der Waals surface area contributed by atoms with E-state index in [1.807, 2.05) is 30.3 Å². The number of hydrogen-bond acceptors (Lipinski definition) is 6. The van der Waals surface area contributed by atoms with Crippen LogP contribution in [0.1, 0.15) is 10.4 Å². The Morgan fingerprint density at radius 3 is 2.45 bits per heavy atom. The standard InChI is InChI=1S/C21H20N4O5S/c26-21(16-6-7-19-20(12-16)30-15-29-19)23-8-10-24(11-9-23)31(27,28)18-13-22-25(14-18)17-4-2-1-3-5-17/h1-7,12-14H,8-11,15H2. The van der Waals surface area contributed by atoms with Gasteiger partial charge in [-0.3, -0.25) is 4.79 Å². The molecule has 3 aromatic rings. The van der Waals surface area contributed by atoms with Gasteiger partial charge < -0.3 is 14.4 Å². The second-order valence-corrected chi connectivity index (χ2v) is 9.16. The lowest BCUT2D eigenvalue weighted by atomic mass is 10.1. The van der Waals surface area contributed by atoms with Crippen molar-refractivity contribution in [3.8, 4) is 17.2 Å². The number of carbonyl (C=O) groups excluding carboxylic acids is 1. The van der Waals surface area contributed by atoms with E-state index >= 15 is 0 Å². The lowest BCUT2D eigenvalue weighted by Gasteiger charge is -2.33. The molecule has 0 aliphatic carbocycles. The van der Waals surface area contributed by atoms with Crippen LogP contribution in [0.4, 0.5) is 0 Å². The van der Waals surface area contributed by atoms with Crippen molar-refractivity contribution in [2.24, 2.45) is 0 Å². The summed E-state index contributed by atoms with van der Waals surface area (Å²) in [5, 5.41) is 4.18. The Bertz CT molecular complexity index is 1220. The van der Waals surface area contributed by atoms with Crippen molar-refractivity contribution in [1.29, 1.82) is 0 Å². The fourth-order valence-electron chi connectivity index (χ4n) is 3.65. The van der Waals surface area contributed by atoms with Gasteiger partial charge in [0, 0.05) is 31.7 Å². The van der Waals surface area contributed by atoms with Crippen molar-refractivity contribution in [1.82, 2.24) is 19.0 Å². The van der Waals surface area contributed by atoms with Crippen molar-refractivity contribution in [3.05, 3.63) is 66.5 Å². The van der Waals surface area contributed by atoms with Crippen molar-refractivity contribution < 1.29 is 22.7 Å². The van der Waals surface area contributed by atoms with Crippen LogP contribution in [0, 0.1) is 0 Å². The Balaban J connectivity index is 1.27. The van der Waals surface area contributed by atoms with E-state index in [9.17, 15) is 13.2 Å². The topological polar surface area (TPSA) is 94.0 Å². The Morgan fingerprint density at radius 1 is 0.935 bits per heavy atom. The SMILES string of the molecule is O=C(c1ccc2c(c1)OCO2)N1CCN(S(=O)(=O)c2cnn(-c3ccccc3)c2)CC1. The first-order chi connectivity index (χ1) is 15.0. The number of fused-ring (bicyclic) bond motifs is 1. The number of piperazine rings is 1. The van der Waals surface area contributed by atoms with E-state index in [4.69, 9.17) is 9.47 Å². The molecule has 9 nitrogen and oxygen atoms in total. The number of rotatable bonds is 4. The summed E-state index contributed by atoms with van der Waals surface area (Å²) in [6, 6.07) is 14.4. The number of sulfonamides is 1. The number of para-hydroxylation sites is 1. The van der Waals surface area contributed by atoms with Crippen LogP contribution < -0.4 is 9.47 Å². The summed E-state index contributed by atoms with van der Waals surface area (Å²) in [6.07, 6.45) is 2.86. The van der Waals surface area contributed by atoms with Crippen molar-refractivity contribution in [3.63, 3.8) is 0 Å². The summed E-state index contributed by atoms with van der Waals surface area (Å²) in [4.78, 5) is 14.6. The zero-order valence-corrected chi connectivity index (χ0v) is 17.4. The van der Waals surface area contributed by atoms with Gasteiger partial charge in [0.25, 0.3) is 5.91 Å². The van der Waals surface area contributed by atoms with Gasteiger partial charge in [0.1, 0.15) is 4.90 Å². The fraction of sp³-hybridized carbons (Fsp3) is 0.238. The molecule has 2 aliphatic rings. The molecule has 0 unspecified atom stereocenters. The van der Waals surface area contributed by atoms with E-state index in [1.165, 1.54) is 21.4 Å². The van der Waals surface area contributed by atoms with Crippen LogP contribution in [0.5, 0.6) is 11.5 Å². The molecule has 160 valence electrons. The van der Waals surface area contributed by atoms with Gasteiger partial charge >= 0.3 is 0 Å². The maximum Gasteiger partial charge on any atom is 0.254 e. The van der Waals surface area contributed by atoms with Gasteiger partial charge in [-0.15, -0.1) is 0 Å². The molecule has 0 bridgehead atoms. The highest BCUT2D eigenvalue weighted by molar-refractivity contribution is 7.89. The van der Waals surface area contributed by atoms with Gasteiger partial charge in [0.05, 0.1) is 18.1 Å². The van der Waals surface area contributed by atoms with Gasteiger partial charge in [-0.05, 0) is 30.3 Å². The number of hydrogen-bond donors (Lipinski definition) is 0. The molecular formula is C21H20N4O5S. The first-order valence-electron chi connectivity index (χ1n) is 9.81. The minimum atomic E-state index is -3.70. The van der Waals surface area contributed by atoms with Crippen LogP contribution in [0.15, 0.2) is 65.8 Å². The summed E-state index contributed by atoms with van der Waals surface area (Å²) >= 11 is 0. The highest BCUT2D eigenvalue weighted by atomic mass is 32.2. The van der Waals surface area contributed by atoms with Crippen LogP contribution in [-0.4, -0.2) is 66.3 Å². The monoisotopic (exact) mass is 440 g/mol. The summed E-state index contributed by atoms with van der Waals surface area (Å²) in [5.74, 6) is 0.998. The lowest BCUT2D eigenvalue weighted by molar-refractivity contribution is 0.0697. The Labute approximate surface area is 179 Å². The zero-order chi connectivity index (χ0) is 21.4. The molecule has 5 rings (SSSR count).